The fourth-order valence-corrected chi connectivity index (χ4v) is 4.49. The Morgan fingerprint density at radius 2 is 1.72 bits per heavy atom. The topological polar surface area (TPSA) is 74.7 Å². The Balaban J connectivity index is 2.01. The maximum atomic E-state index is 13.7. The lowest BCUT2D eigenvalue weighted by atomic mass is 10.2. The number of para-hydroxylation sites is 1. The summed E-state index contributed by atoms with van der Waals surface area (Å²) in [6.45, 7) is 5.21. The molecule has 0 saturated heterocycles. The SMILES string of the molecule is CC(=O)C(C)Sc1nnc(-c2ccccc2Cl)n1-c1c(C)n(C)n(-c2ccccc2)c1=O. The molecule has 0 aliphatic carbocycles. The maximum Gasteiger partial charge on any atom is 0.296 e. The van der Waals surface area contributed by atoms with Gasteiger partial charge in [-0.25, -0.2) is 4.68 Å². The van der Waals surface area contributed by atoms with Crippen LogP contribution in [0.2, 0.25) is 5.02 Å². The Morgan fingerprint density at radius 1 is 1.06 bits per heavy atom. The molecule has 2 aromatic heterocycles. The van der Waals surface area contributed by atoms with Gasteiger partial charge in [-0.1, -0.05) is 53.7 Å². The molecular weight excluding hydrogens is 446 g/mol. The van der Waals surface area contributed by atoms with Crippen LogP contribution in [0.3, 0.4) is 0 Å². The van der Waals surface area contributed by atoms with Crippen LogP contribution in [0.1, 0.15) is 19.5 Å². The minimum absolute atomic E-state index is 0.00956. The molecule has 0 N–H and O–H groups in total. The Kier molecular flexibility index (Phi) is 6.08. The number of rotatable bonds is 6. The van der Waals surface area contributed by atoms with Crippen LogP contribution in [-0.2, 0) is 11.8 Å². The molecule has 2 heterocycles. The van der Waals surface area contributed by atoms with Crippen molar-refractivity contribution in [3.05, 3.63) is 75.7 Å². The van der Waals surface area contributed by atoms with E-state index in [1.54, 1.807) is 26.9 Å². The standard InChI is InChI=1S/C23H22ClN5O2S/c1-14-20(22(31)29(27(14)4)17-10-6-5-7-11-17)28-21(18-12-8-9-13-19(18)24)25-26-23(28)32-16(3)15(2)30/h5-13,16H,1-4H3. The minimum Gasteiger partial charge on any atom is -0.299 e. The first-order chi connectivity index (χ1) is 15.3. The zero-order valence-electron chi connectivity index (χ0n) is 18.1. The number of ketones is 1. The van der Waals surface area contributed by atoms with Crippen molar-refractivity contribution in [2.75, 3.05) is 0 Å². The summed E-state index contributed by atoms with van der Waals surface area (Å²) in [6.07, 6.45) is 0. The smallest absolute Gasteiger partial charge is 0.296 e. The van der Waals surface area contributed by atoms with Crippen LogP contribution >= 0.6 is 23.4 Å². The van der Waals surface area contributed by atoms with Crippen molar-refractivity contribution in [2.45, 2.75) is 31.2 Å². The number of benzene rings is 2. The molecule has 4 rings (SSSR count). The van der Waals surface area contributed by atoms with Gasteiger partial charge in [-0.15, -0.1) is 10.2 Å². The lowest BCUT2D eigenvalue weighted by Gasteiger charge is -2.11. The predicted molar refractivity (Wildman–Crippen MR) is 127 cm³/mol. The molecule has 0 bridgehead atoms. The summed E-state index contributed by atoms with van der Waals surface area (Å²) in [7, 11) is 1.83. The van der Waals surface area contributed by atoms with Gasteiger partial charge in [-0.2, -0.15) is 0 Å². The van der Waals surface area contributed by atoms with Gasteiger partial charge in [0.2, 0.25) is 0 Å². The molecule has 7 nitrogen and oxygen atoms in total. The summed E-state index contributed by atoms with van der Waals surface area (Å²) in [5.41, 5.74) is 2.31. The summed E-state index contributed by atoms with van der Waals surface area (Å²) in [6, 6.07) is 16.7. The number of halogens is 1. The van der Waals surface area contributed by atoms with E-state index < -0.39 is 0 Å². The number of carbonyl (C=O) groups excluding carboxylic acids is 1. The Hall–Kier alpha value is -3.10. The van der Waals surface area contributed by atoms with Crippen LogP contribution in [0.5, 0.6) is 0 Å². The molecule has 9 heteroatoms. The van der Waals surface area contributed by atoms with Crippen LogP contribution < -0.4 is 5.56 Å². The molecule has 1 unspecified atom stereocenters. The third-order valence-electron chi connectivity index (χ3n) is 5.35. The third kappa shape index (κ3) is 3.80. The summed E-state index contributed by atoms with van der Waals surface area (Å²) in [5, 5.41) is 9.30. The van der Waals surface area contributed by atoms with E-state index in [-0.39, 0.29) is 16.6 Å². The molecule has 0 radical (unpaired) electrons. The van der Waals surface area contributed by atoms with E-state index in [4.69, 9.17) is 11.6 Å². The number of aromatic nitrogens is 5. The Labute approximate surface area is 194 Å². The first-order valence-electron chi connectivity index (χ1n) is 10.0. The third-order valence-corrected chi connectivity index (χ3v) is 6.84. The maximum absolute atomic E-state index is 13.7. The molecule has 0 aliphatic rings. The molecule has 4 aromatic rings. The van der Waals surface area contributed by atoms with Crippen molar-refractivity contribution in [1.29, 1.82) is 0 Å². The van der Waals surface area contributed by atoms with Gasteiger partial charge in [0.05, 0.1) is 21.7 Å². The number of nitrogens with zero attached hydrogens (tertiary/aromatic N) is 5. The number of Topliss-reactive ketones (excluding diaryl/α,β-unsaturated/α-hetero) is 1. The van der Waals surface area contributed by atoms with E-state index in [0.29, 0.717) is 27.3 Å². The molecule has 0 saturated carbocycles. The molecule has 164 valence electrons. The van der Waals surface area contributed by atoms with Gasteiger partial charge in [-0.05, 0) is 45.0 Å². The van der Waals surface area contributed by atoms with Gasteiger partial charge < -0.3 is 0 Å². The van der Waals surface area contributed by atoms with Crippen molar-refractivity contribution >= 4 is 29.1 Å². The van der Waals surface area contributed by atoms with Crippen LogP contribution in [0.15, 0.2) is 64.5 Å². The zero-order chi connectivity index (χ0) is 23.0. The molecule has 0 amide bonds. The lowest BCUT2D eigenvalue weighted by Crippen LogP contribution is -2.22. The summed E-state index contributed by atoms with van der Waals surface area (Å²) < 4.78 is 5.11. The zero-order valence-corrected chi connectivity index (χ0v) is 19.7. The van der Waals surface area contributed by atoms with Gasteiger partial charge >= 0.3 is 0 Å². The highest BCUT2D eigenvalue weighted by molar-refractivity contribution is 8.00. The quantitative estimate of drug-likeness (QED) is 0.391. The van der Waals surface area contributed by atoms with E-state index in [2.05, 4.69) is 10.2 Å². The lowest BCUT2D eigenvalue weighted by molar-refractivity contribution is -0.116. The van der Waals surface area contributed by atoms with E-state index in [1.165, 1.54) is 18.7 Å². The van der Waals surface area contributed by atoms with Gasteiger partial charge in [0, 0.05) is 12.6 Å². The fourth-order valence-electron chi connectivity index (χ4n) is 3.42. The number of hydrogen-bond acceptors (Lipinski definition) is 5. The Bertz CT molecular complexity index is 1360. The van der Waals surface area contributed by atoms with Crippen molar-refractivity contribution in [2.24, 2.45) is 7.05 Å². The van der Waals surface area contributed by atoms with Crippen LogP contribution in [0, 0.1) is 6.92 Å². The number of carbonyl (C=O) groups is 1. The minimum atomic E-state index is -0.350. The highest BCUT2D eigenvalue weighted by atomic mass is 35.5. The molecule has 0 aliphatic heterocycles. The average molecular weight is 468 g/mol. The first-order valence-corrected chi connectivity index (χ1v) is 11.3. The van der Waals surface area contributed by atoms with Gasteiger partial charge in [-0.3, -0.25) is 18.8 Å². The normalized spacial score (nSPS) is 12.2. The largest absolute Gasteiger partial charge is 0.299 e. The van der Waals surface area contributed by atoms with Crippen molar-refractivity contribution < 1.29 is 4.79 Å². The van der Waals surface area contributed by atoms with Gasteiger partial charge in [0.1, 0.15) is 11.5 Å². The summed E-state index contributed by atoms with van der Waals surface area (Å²) in [4.78, 5) is 25.6. The summed E-state index contributed by atoms with van der Waals surface area (Å²) in [5.74, 6) is 0.454. The molecule has 0 spiro atoms. The van der Waals surface area contributed by atoms with E-state index in [1.807, 2.05) is 62.5 Å². The first kappa shape index (κ1) is 22.1. The van der Waals surface area contributed by atoms with E-state index in [9.17, 15) is 9.59 Å². The molecule has 32 heavy (non-hydrogen) atoms. The van der Waals surface area contributed by atoms with Crippen molar-refractivity contribution in [3.63, 3.8) is 0 Å². The van der Waals surface area contributed by atoms with E-state index in [0.717, 1.165) is 11.4 Å². The molecule has 1 atom stereocenters. The van der Waals surface area contributed by atoms with Crippen molar-refractivity contribution in [1.82, 2.24) is 24.1 Å². The number of hydrogen-bond donors (Lipinski definition) is 0. The number of thioether (sulfide) groups is 1. The highest BCUT2D eigenvalue weighted by Crippen LogP contribution is 2.33. The molecule has 0 fully saturated rings. The second-order valence-electron chi connectivity index (χ2n) is 7.40. The van der Waals surface area contributed by atoms with E-state index >= 15 is 0 Å². The fraction of sp³-hybridized carbons (Fsp3) is 0.217. The van der Waals surface area contributed by atoms with Gasteiger partial charge in [0.15, 0.2) is 11.0 Å². The second kappa shape index (κ2) is 8.80. The van der Waals surface area contributed by atoms with Crippen molar-refractivity contribution in [3.8, 4) is 22.8 Å². The average Bonchev–Trinajstić information content (AvgIpc) is 3.26. The monoisotopic (exact) mass is 467 g/mol. The second-order valence-corrected chi connectivity index (χ2v) is 9.12. The molecule has 2 aromatic carbocycles. The van der Waals surface area contributed by atoms with Crippen LogP contribution in [-0.4, -0.2) is 35.2 Å². The van der Waals surface area contributed by atoms with Gasteiger partial charge in [0.25, 0.3) is 5.56 Å². The predicted octanol–water partition coefficient (Wildman–Crippen LogP) is 4.46. The highest BCUT2D eigenvalue weighted by Gasteiger charge is 2.27. The molecular formula is C23H22ClN5O2S. The summed E-state index contributed by atoms with van der Waals surface area (Å²) >= 11 is 7.73. The van der Waals surface area contributed by atoms with Crippen LogP contribution in [0.25, 0.3) is 22.8 Å². The van der Waals surface area contributed by atoms with Crippen LogP contribution in [0.4, 0.5) is 0 Å². The Morgan fingerprint density at radius 3 is 2.38 bits per heavy atom.